The molecule has 1 atom stereocenters. The summed E-state index contributed by atoms with van der Waals surface area (Å²) >= 11 is 1.81. The maximum absolute atomic E-state index is 5.27. The highest BCUT2D eigenvalue weighted by Gasteiger charge is 2.23. The predicted octanol–water partition coefficient (Wildman–Crippen LogP) is 2.63. The van der Waals surface area contributed by atoms with Crippen molar-refractivity contribution in [2.45, 2.75) is 46.4 Å². The molecule has 1 aliphatic rings. The van der Waals surface area contributed by atoms with Crippen molar-refractivity contribution < 1.29 is 4.74 Å². The quantitative estimate of drug-likeness (QED) is 0.871. The molecule has 1 fully saturated rings. The van der Waals surface area contributed by atoms with Crippen LogP contribution in [0.25, 0.3) is 0 Å². The second-order valence-electron chi connectivity index (χ2n) is 5.67. The minimum absolute atomic E-state index is 0.493. The predicted molar refractivity (Wildman–Crippen MR) is 80.8 cm³/mol. The van der Waals surface area contributed by atoms with Gasteiger partial charge in [-0.15, -0.1) is 11.3 Å². The van der Waals surface area contributed by atoms with E-state index in [1.807, 2.05) is 11.3 Å². The summed E-state index contributed by atoms with van der Waals surface area (Å²) in [5.74, 6) is 0.784. The van der Waals surface area contributed by atoms with Gasteiger partial charge in [-0.05, 0) is 12.3 Å². The second kappa shape index (κ2) is 6.68. The van der Waals surface area contributed by atoms with Crippen LogP contribution in [-0.2, 0) is 17.9 Å². The van der Waals surface area contributed by atoms with Crippen molar-refractivity contribution in [2.75, 3.05) is 25.1 Å². The first-order valence-electron chi connectivity index (χ1n) is 7.06. The van der Waals surface area contributed by atoms with Crippen LogP contribution in [0.5, 0.6) is 0 Å². The van der Waals surface area contributed by atoms with Crippen LogP contribution >= 0.6 is 11.3 Å². The van der Waals surface area contributed by atoms with Gasteiger partial charge in [-0.2, -0.15) is 0 Å². The van der Waals surface area contributed by atoms with E-state index in [4.69, 9.17) is 9.72 Å². The number of nitrogens with zero attached hydrogens (tertiary/aromatic N) is 2. The largest absolute Gasteiger partial charge is 0.378 e. The molecule has 1 saturated heterocycles. The second-order valence-corrected chi connectivity index (χ2v) is 6.74. The van der Waals surface area contributed by atoms with Crippen LogP contribution in [0.2, 0.25) is 0 Å². The summed E-state index contributed by atoms with van der Waals surface area (Å²) in [4.78, 5) is 8.49. The van der Waals surface area contributed by atoms with E-state index in [-0.39, 0.29) is 0 Å². The summed E-state index contributed by atoms with van der Waals surface area (Å²) in [6, 6.07) is 0.493. The minimum Gasteiger partial charge on any atom is -0.378 e. The standard InChI is InChI=1S/C14H25N3OS/c1-10(2)15-7-13-12(9-18-4)16-14(19-13)17-6-5-11(3)8-17/h10-11,15H,5-9H2,1-4H3. The maximum atomic E-state index is 5.27. The van der Waals surface area contributed by atoms with E-state index in [0.717, 1.165) is 36.4 Å². The van der Waals surface area contributed by atoms with Gasteiger partial charge in [0, 0.05) is 37.7 Å². The molecule has 0 bridgehead atoms. The van der Waals surface area contributed by atoms with Crippen molar-refractivity contribution in [1.29, 1.82) is 0 Å². The summed E-state index contributed by atoms with van der Waals surface area (Å²) in [6.07, 6.45) is 1.28. The first-order chi connectivity index (χ1) is 9.10. The summed E-state index contributed by atoms with van der Waals surface area (Å²) in [5.41, 5.74) is 1.09. The average molecular weight is 283 g/mol. The van der Waals surface area contributed by atoms with Crippen molar-refractivity contribution in [3.63, 3.8) is 0 Å². The Balaban J connectivity index is 2.09. The molecule has 19 heavy (non-hydrogen) atoms. The van der Waals surface area contributed by atoms with E-state index >= 15 is 0 Å². The van der Waals surface area contributed by atoms with Crippen molar-refractivity contribution >= 4 is 16.5 Å². The Bertz CT molecular complexity index is 405. The first-order valence-corrected chi connectivity index (χ1v) is 7.87. The molecule has 0 radical (unpaired) electrons. The first kappa shape index (κ1) is 14.8. The van der Waals surface area contributed by atoms with Crippen molar-refractivity contribution in [2.24, 2.45) is 5.92 Å². The molecule has 0 aromatic carbocycles. The highest BCUT2D eigenvalue weighted by atomic mass is 32.1. The molecule has 5 heteroatoms. The molecule has 1 aromatic rings. The van der Waals surface area contributed by atoms with Crippen LogP contribution in [0, 0.1) is 5.92 Å². The van der Waals surface area contributed by atoms with Gasteiger partial charge in [0.1, 0.15) is 0 Å². The average Bonchev–Trinajstić information content (AvgIpc) is 2.94. The molecule has 0 saturated carbocycles. The molecule has 0 spiro atoms. The van der Waals surface area contributed by atoms with Crippen LogP contribution in [0.4, 0.5) is 5.13 Å². The number of ether oxygens (including phenoxy) is 1. The zero-order valence-electron chi connectivity index (χ0n) is 12.4. The van der Waals surface area contributed by atoms with Gasteiger partial charge in [-0.1, -0.05) is 20.8 Å². The zero-order chi connectivity index (χ0) is 13.8. The fourth-order valence-electron chi connectivity index (χ4n) is 2.30. The molecule has 1 unspecified atom stereocenters. The SMILES string of the molecule is COCc1nc(N2CCC(C)C2)sc1CNC(C)C. The fourth-order valence-corrected chi connectivity index (χ4v) is 3.35. The third-order valence-corrected chi connectivity index (χ3v) is 4.57. The van der Waals surface area contributed by atoms with Gasteiger partial charge in [0.25, 0.3) is 0 Å². The Morgan fingerprint density at radius 3 is 2.89 bits per heavy atom. The number of anilines is 1. The lowest BCUT2D eigenvalue weighted by Crippen LogP contribution is -2.21. The Hall–Kier alpha value is -0.650. The third kappa shape index (κ3) is 3.91. The Kier molecular flexibility index (Phi) is 5.19. The van der Waals surface area contributed by atoms with E-state index in [1.54, 1.807) is 7.11 Å². The summed E-state index contributed by atoms with van der Waals surface area (Å²) in [5, 5.41) is 4.63. The van der Waals surface area contributed by atoms with E-state index in [1.165, 1.54) is 11.3 Å². The topological polar surface area (TPSA) is 37.4 Å². The summed E-state index contributed by atoms with van der Waals surface area (Å²) in [6.45, 7) is 10.4. The van der Waals surface area contributed by atoms with Crippen molar-refractivity contribution in [3.05, 3.63) is 10.6 Å². The molecule has 4 nitrogen and oxygen atoms in total. The number of hydrogen-bond acceptors (Lipinski definition) is 5. The Morgan fingerprint density at radius 1 is 1.53 bits per heavy atom. The number of hydrogen-bond donors (Lipinski definition) is 1. The molecular formula is C14H25N3OS. The summed E-state index contributed by atoms with van der Waals surface area (Å²) in [7, 11) is 1.73. The molecular weight excluding hydrogens is 258 g/mol. The normalized spacial score (nSPS) is 19.6. The van der Waals surface area contributed by atoms with Gasteiger partial charge < -0.3 is 15.0 Å². The van der Waals surface area contributed by atoms with Gasteiger partial charge in [0.15, 0.2) is 5.13 Å². The van der Waals surface area contributed by atoms with Gasteiger partial charge >= 0.3 is 0 Å². The van der Waals surface area contributed by atoms with Crippen molar-refractivity contribution in [3.8, 4) is 0 Å². The smallest absolute Gasteiger partial charge is 0.185 e. The van der Waals surface area contributed by atoms with Crippen LogP contribution in [0.3, 0.4) is 0 Å². The van der Waals surface area contributed by atoms with Crippen LogP contribution in [0.1, 0.15) is 37.8 Å². The van der Waals surface area contributed by atoms with Gasteiger partial charge in [-0.25, -0.2) is 4.98 Å². The van der Waals surface area contributed by atoms with Crippen molar-refractivity contribution in [1.82, 2.24) is 10.3 Å². The van der Waals surface area contributed by atoms with Crippen LogP contribution < -0.4 is 10.2 Å². The fraction of sp³-hybridized carbons (Fsp3) is 0.786. The molecule has 2 rings (SSSR count). The monoisotopic (exact) mass is 283 g/mol. The molecule has 0 amide bonds. The summed E-state index contributed by atoms with van der Waals surface area (Å²) < 4.78 is 5.27. The number of aromatic nitrogens is 1. The molecule has 1 aliphatic heterocycles. The highest BCUT2D eigenvalue weighted by molar-refractivity contribution is 7.15. The van der Waals surface area contributed by atoms with Gasteiger partial charge in [-0.3, -0.25) is 0 Å². The number of thiazole rings is 1. The van der Waals surface area contributed by atoms with Crippen LogP contribution in [-0.4, -0.2) is 31.2 Å². The molecule has 0 aliphatic carbocycles. The van der Waals surface area contributed by atoms with E-state index < -0.39 is 0 Å². The van der Waals surface area contributed by atoms with E-state index in [9.17, 15) is 0 Å². The lowest BCUT2D eigenvalue weighted by atomic mass is 10.2. The van der Waals surface area contributed by atoms with E-state index in [2.05, 4.69) is 31.0 Å². The zero-order valence-corrected chi connectivity index (χ0v) is 13.2. The number of rotatable bonds is 6. The number of nitrogens with one attached hydrogen (secondary N) is 1. The molecule has 1 N–H and O–H groups in total. The van der Waals surface area contributed by atoms with Gasteiger partial charge in [0.05, 0.1) is 12.3 Å². The Labute approximate surface area is 120 Å². The molecule has 2 heterocycles. The third-order valence-electron chi connectivity index (χ3n) is 3.41. The number of methoxy groups -OCH3 is 1. The molecule has 108 valence electrons. The highest BCUT2D eigenvalue weighted by Crippen LogP contribution is 2.30. The van der Waals surface area contributed by atoms with Gasteiger partial charge in [0.2, 0.25) is 0 Å². The minimum atomic E-state index is 0.493. The molecule has 1 aromatic heterocycles. The maximum Gasteiger partial charge on any atom is 0.185 e. The van der Waals surface area contributed by atoms with E-state index in [0.29, 0.717) is 12.6 Å². The Morgan fingerprint density at radius 2 is 2.32 bits per heavy atom. The van der Waals surface area contributed by atoms with Crippen LogP contribution in [0.15, 0.2) is 0 Å². The lowest BCUT2D eigenvalue weighted by Gasteiger charge is -2.13. The lowest BCUT2D eigenvalue weighted by molar-refractivity contribution is 0.181.